The number of hydrogen-bond donors (Lipinski definition) is 2. The molecule has 2 aromatic rings. The van der Waals surface area contributed by atoms with Crippen molar-refractivity contribution >= 4 is 17.5 Å². The van der Waals surface area contributed by atoms with Crippen molar-refractivity contribution in [2.24, 2.45) is 0 Å². The number of aromatic nitrogens is 2. The fraction of sp³-hybridized carbons (Fsp3) is 0.286. The number of halogens is 1. The lowest BCUT2D eigenvalue weighted by molar-refractivity contribution is -0.121. The second-order valence-corrected chi connectivity index (χ2v) is 4.74. The van der Waals surface area contributed by atoms with E-state index < -0.39 is 0 Å². The first-order valence-electron chi connectivity index (χ1n) is 6.22. The Hall–Kier alpha value is -1.81. The van der Waals surface area contributed by atoms with Crippen LogP contribution in [0.1, 0.15) is 17.7 Å². The van der Waals surface area contributed by atoms with Gasteiger partial charge >= 0.3 is 0 Å². The Bertz CT molecular complexity index is 508. The highest BCUT2D eigenvalue weighted by Gasteiger charge is 2.02. The molecule has 0 saturated carbocycles. The Morgan fingerprint density at radius 2 is 2.05 bits per heavy atom. The minimum Gasteiger partial charge on any atom is -0.356 e. The van der Waals surface area contributed by atoms with E-state index in [1.807, 2.05) is 24.3 Å². The zero-order valence-electron chi connectivity index (χ0n) is 10.5. The number of rotatable bonds is 6. The van der Waals surface area contributed by atoms with Crippen molar-refractivity contribution in [3.05, 3.63) is 53.1 Å². The molecule has 0 aliphatic rings. The monoisotopic (exact) mass is 277 g/mol. The second-order valence-electron chi connectivity index (χ2n) is 4.30. The zero-order chi connectivity index (χ0) is 13.5. The van der Waals surface area contributed by atoms with E-state index in [1.54, 1.807) is 12.5 Å². The molecule has 4 nitrogen and oxygen atoms in total. The van der Waals surface area contributed by atoms with E-state index in [9.17, 15) is 4.79 Å². The van der Waals surface area contributed by atoms with Crippen LogP contribution in [0, 0.1) is 0 Å². The molecule has 0 fully saturated rings. The SMILES string of the molecule is O=C(CCc1cnc[nH]1)NCCc1ccc(Cl)cc1. The third-order valence-corrected chi connectivity index (χ3v) is 3.08. The number of hydrogen-bond acceptors (Lipinski definition) is 2. The second kappa shape index (κ2) is 6.95. The summed E-state index contributed by atoms with van der Waals surface area (Å²) < 4.78 is 0. The molecule has 0 saturated heterocycles. The number of aromatic amines is 1. The number of nitrogens with zero attached hydrogens (tertiary/aromatic N) is 1. The minimum atomic E-state index is 0.0589. The Labute approximate surface area is 117 Å². The smallest absolute Gasteiger partial charge is 0.220 e. The molecule has 0 spiro atoms. The molecule has 0 aliphatic carbocycles. The molecule has 1 aromatic carbocycles. The lowest BCUT2D eigenvalue weighted by atomic mass is 10.1. The normalized spacial score (nSPS) is 10.4. The van der Waals surface area contributed by atoms with Crippen molar-refractivity contribution in [3.63, 3.8) is 0 Å². The molecule has 100 valence electrons. The van der Waals surface area contributed by atoms with Crippen molar-refractivity contribution < 1.29 is 4.79 Å². The summed E-state index contributed by atoms with van der Waals surface area (Å²) in [5, 5.41) is 3.63. The Morgan fingerprint density at radius 3 is 2.74 bits per heavy atom. The summed E-state index contributed by atoms with van der Waals surface area (Å²) >= 11 is 5.81. The zero-order valence-corrected chi connectivity index (χ0v) is 11.3. The van der Waals surface area contributed by atoms with Gasteiger partial charge in [-0.3, -0.25) is 4.79 Å². The van der Waals surface area contributed by atoms with E-state index in [4.69, 9.17) is 11.6 Å². The third kappa shape index (κ3) is 4.75. The topological polar surface area (TPSA) is 57.8 Å². The van der Waals surface area contributed by atoms with Crippen LogP contribution in [-0.4, -0.2) is 22.4 Å². The van der Waals surface area contributed by atoms with Gasteiger partial charge in [-0.25, -0.2) is 4.98 Å². The average Bonchev–Trinajstić information content (AvgIpc) is 2.92. The van der Waals surface area contributed by atoms with Crippen LogP contribution in [0.15, 0.2) is 36.8 Å². The number of nitrogens with one attached hydrogen (secondary N) is 2. The fourth-order valence-electron chi connectivity index (χ4n) is 1.76. The molecule has 0 unspecified atom stereocenters. The number of aryl methyl sites for hydroxylation is 1. The van der Waals surface area contributed by atoms with Crippen LogP contribution >= 0.6 is 11.6 Å². The predicted molar refractivity (Wildman–Crippen MR) is 75.1 cm³/mol. The van der Waals surface area contributed by atoms with E-state index in [0.29, 0.717) is 19.4 Å². The Kier molecular flexibility index (Phi) is 4.98. The van der Waals surface area contributed by atoms with Crippen LogP contribution < -0.4 is 5.32 Å². The summed E-state index contributed by atoms with van der Waals surface area (Å²) in [7, 11) is 0. The number of amides is 1. The molecule has 0 radical (unpaired) electrons. The maximum Gasteiger partial charge on any atom is 0.220 e. The van der Waals surface area contributed by atoms with E-state index in [2.05, 4.69) is 15.3 Å². The minimum absolute atomic E-state index is 0.0589. The van der Waals surface area contributed by atoms with Gasteiger partial charge in [0, 0.05) is 29.9 Å². The molecule has 2 N–H and O–H groups in total. The van der Waals surface area contributed by atoms with Crippen LogP contribution in [-0.2, 0) is 17.6 Å². The summed E-state index contributed by atoms with van der Waals surface area (Å²) in [5.74, 6) is 0.0589. The first-order chi connectivity index (χ1) is 9.24. The van der Waals surface area contributed by atoms with Crippen molar-refractivity contribution in [3.8, 4) is 0 Å². The molecule has 0 aliphatic heterocycles. The van der Waals surface area contributed by atoms with Crippen molar-refractivity contribution in [2.45, 2.75) is 19.3 Å². The number of benzene rings is 1. The summed E-state index contributed by atoms with van der Waals surface area (Å²) in [6.45, 7) is 0.642. The summed E-state index contributed by atoms with van der Waals surface area (Å²) in [6.07, 6.45) is 5.33. The average molecular weight is 278 g/mol. The molecule has 0 atom stereocenters. The Balaban J connectivity index is 1.65. The summed E-state index contributed by atoms with van der Waals surface area (Å²) in [5.41, 5.74) is 2.14. The van der Waals surface area contributed by atoms with Gasteiger partial charge in [-0.1, -0.05) is 23.7 Å². The van der Waals surface area contributed by atoms with Gasteiger partial charge in [-0.05, 0) is 30.5 Å². The fourth-order valence-corrected chi connectivity index (χ4v) is 1.88. The highest BCUT2D eigenvalue weighted by molar-refractivity contribution is 6.30. The van der Waals surface area contributed by atoms with E-state index in [-0.39, 0.29) is 5.91 Å². The number of carbonyl (C=O) groups excluding carboxylic acids is 1. The maximum absolute atomic E-state index is 11.6. The molecule has 1 heterocycles. The molecule has 0 bridgehead atoms. The summed E-state index contributed by atoms with van der Waals surface area (Å²) in [6, 6.07) is 7.66. The van der Waals surface area contributed by atoms with Gasteiger partial charge in [0.15, 0.2) is 0 Å². The lowest BCUT2D eigenvalue weighted by Crippen LogP contribution is -2.25. The third-order valence-electron chi connectivity index (χ3n) is 2.83. The first-order valence-corrected chi connectivity index (χ1v) is 6.60. The number of H-pyrrole nitrogens is 1. The van der Waals surface area contributed by atoms with Crippen LogP contribution in [0.3, 0.4) is 0 Å². The number of imidazole rings is 1. The summed E-state index contributed by atoms with van der Waals surface area (Å²) in [4.78, 5) is 18.5. The van der Waals surface area contributed by atoms with Crippen molar-refractivity contribution in [2.75, 3.05) is 6.54 Å². The molecule has 5 heteroatoms. The van der Waals surface area contributed by atoms with Gasteiger partial charge in [0.1, 0.15) is 0 Å². The molecule has 1 aromatic heterocycles. The standard InChI is InChI=1S/C14H16ClN3O/c15-12-3-1-11(2-4-12)7-8-17-14(19)6-5-13-9-16-10-18-13/h1-4,9-10H,5-8H2,(H,16,18)(H,17,19). The van der Waals surface area contributed by atoms with Gasteiger partial charge in [0.05, 0.1) is 6.33 Å². The Morgan fingerprint density at radius 1 is 1.26 bits per heavy atom. The van der Waals surface area contributed by atoms with E-state index in [1.165, 1.54) is 5.56 Å². The van der Waals surface area contributed by atoms with Crippen LogP contribution in [0.5, 0.6) is 0 Å². The number of carbonyl (C=O) groups is 1. The van der Waals surface area contributed by atoms with Crippen LogP contribution in [0.2, 0.25) is 5.02 Å². The van der Waals surface area contributed by atoms with Gasteiger partial charge in [0.25, 0.3) is 0 Å². The highest BCUT2D eigenvalue weighted by Crippen LogP contribution is 2.09. The van der Waals surface area contributed by atoms with Gasteiger partial charge < -0.3 is 10.3 Å². The highest BCUT2D eigenvalue weighted by atomic mass is 35.5. The molecule has 2 rings (SSSR count). The molecule has 1 amide bonds. The van der Waals surface area contributed by atoms with Gasteiger partial charge in [0.2, 0.25) is 5.91 Å². The van der Waals surface area contributed by atoms with Gasteiger partial charge in [-0.2, -0.15) is 0 Å². The van der Waals surface area contributed by atoms with Crippen LogP contribution in [0.25, 0.3) is 0 Å². The van der Waals surface area contributed by atoms with E-state index >= 15 is 0 Å². The van der Waals surface area contributed by atoms with E-state index in [0.717, 1.165) is 17.1 Å². The van der Waals surface area contributed by atoms with Crippen molar-refractivity contribution in [1.82, 2.24) is 15.3 Å². The van der Waals surface area contributed by atoms with Gasteiger partial charge in [-0.15, -0.1) is 0 Å². The van der Waals surface area contributed by atoms with Crippen molar-refractivity contribution in [1.29, 1.82) is 0 Å². The molecular formula is C14H16ClN3O. The lowest BCUT2D eigenvalue weighted by Gasteiger charge is -2.05. The maximum atomic E-state index is 11.6. The molecular weight excluding hydrogens is 262 g/mol. The quantitative estimate of drug-likeness (QED) is 0.852. The molecule has 19 heavy (non-hydrogen) atoms. The first kappa shape index (κ1) is 13.6. The predicted octanol–water partition coefficient (Wildman–Crippen LogP) is 2.35. The van der Waals surface area contributed by atoms with Crippen LogP contribution in [0.4, 0.5) is 0 Å². The largest absolute Gasteiger partial charge is 0.356 e.